The Morgan fingerprint density at radius 1 is 1.70 bits per heavy atom. The smallest absolute Gasteiger partial charge is 0.357 e. The Labute approximate surface area is 56.7 Å². The van der Waals surface area contributed by atoms with Crippen molar-refractivity contribution in [2.75, 3.05) is 0 Å². The number of carbonyl (C=O) groups excluding carboxylic acids is 1. The fourth-order valence-electron chi connectivity index (χ4n) is 0.810. The lowest BCUT2D eigenvalue weighted by atomic mass is 10.2. The molecule has 0 bridgehead atoms. The van der Waals surface area contributed by atoms with Crippen LogP contribution < -0.4 is 5.32 Å². The molecule has 0 aromatic rings. The maximum Gasteiger partial charge on any atom is 0.357 e. The lowest BCUT2D eigenvalue weighted by Crippen LogP contribution is -2.48. The molecule has 1 fully saturated rings. The molecule has 0 aromatic heterocycles. The van der Waals surface area contributed by atoms with Gasteiger partial charge in [0.05, 0.1) is 0 Å². The first-order chi connectivity index (χ1) is 4.54. The molecule has 5 nitrogen and oxygen atoms in total. The van der Waals surface area contributed by atoms with E-state index in [2.05, 4.69) is 0 Å². The highest BCUT2D eigenvalue weighted by molar-refractivity contribution is 5.89. The van der Waals surface area contributed by atoms with Crippen molar-refractivity contribution in [1.82, 2.24) is 5.32 Å². The Balaban J connectivity index is 2.72. The van der Waals surface area contributed by atoms with Crippen LogP contribution in [0.4, 0.5) is 0 Å². The van der Waals surface area contributed by atoms with Gasteiger partial charge in [0.1, 0.15) is 0 Å². The highest BCUT2D eigenvalue weighted by Crippen LogP contribution is 2.16. The number of amides is 1. The van der Waals surface area contributed by atoms with Crippen LogP contribution in [0.3, 0.4) is 0 Å². The van der Waals surface area contributed by atoms with E-state index in [0.717, 1.165) is 0 Å². The minimum absolute atomic E-state index is 0.0544. The molecule has 1 amide bonds. The third kappa shape index (κ3) is 0.950. The molecule has 0 aliphatic carbocycles. The van der Waals surface area contributed by atoms with Gasteiger partial charge in [0.15, 0.2) is 0 Å². The van der Waals surface area contributed by atoms with Crippen LogP contribution in [-0.4, -0.2) is 27.8 Å². The quantitative estimate of drug-likeness (QED) is 0.426. The van der Waals surface area contributed by atoms with E-state index in [0.29, 0.717) is 0 Å². The summed E-state index contributed by atoms with van der Waals surface area (Å²) < 4.78 is 0. The van der Waals surface area contributed by atoms with Crippen LogP contribution in [-0.2, 0) is 9.59 Å². The van der Waals surface area contributed by atoms with Crippen molar-refractivity contribution in [2.45, 2.75) is 18.6 Å². The summed E-state index contributed by atoms with van der Waals surface area (Å²) in [6.07, 6.45) is 0.0178. The molecule has 0 unspecified atom stereocenters. The van der Waals surface area contributed by atoms with Crippen LogP contribution in [0.5, 0.6) is 0 Å². The van der Waals surface area contributed by atoms with Gasteiger partial charge in [0.2, 0.25) is 11.6 Å². The second kappa shape index (κ2) is 1.95. The summed E-state index contributed by atoms with van der Waals surface area (Å²) in [6, 6.07) is 0. The Hall–Kier alpha value is -1.10. The Morgan fingerprint density at radius 3 is 2.50 bits per heavy atom. The number of hydrogen-bond donors (Lipinski definition) is 3. The molecule has 0 saturated carbocycles. The van der Waals surface area contributed by atoms with Crippen LogP contribution in [0.15, 0.2) is 0 Å². The first-order valence-corrected chi connectivity index (χ1v) is 2.81. The summed E-state index contributed by atoms with van der Waals surface area (Å²) in [6.45, 7) is 0. The number of aliphatic carboxylic acids is 1. The normalized spacial score (nSPS) is 31.9. The number of rotatable bonds is 1. The lowest BCUT2D eigenvalue weighted by molar-refractivity contribution is -0.161. The van der Waals surface area contributed by atoms with E-state index in [4.69, 9.17) is 10.2 Å². The van der Waals surface area contributed by atoms with Gasteiger partial charge in [0.25, 0.3) is 0 Å². The molecule has 1 heterocycles. The Kier molecular flexibility index (Phi) is 1.37. The number of carboxylic acid groups (broad SMARTS) is 1. The zero-order valence-corrected chi connectivity index (χ0v) is 5.13. The van der Waals surface area contributed by atoms with Gasteiger partial charge in [-0.3, -0.25) is 4.79 Å². The molecule has 1 saturated heterocycles. The topological polar surface area (TPSA) is 86.6 Å². The van der Waals surface area contributed by atoms with Crippen molar-refractivity contribution in [1.29, 1.82) is 0 Å². The molecule has 5 heteroatoms. The molecule has 1 rings (SSSR count). The molecular formula is C5H7NO4. The molecule has 10 heavy (non-hydrogen) atoms. The number of aliphatic hydroxyl groups is 1. The van der Waals surface area contributed by atoms with Gasteiger partial charge < -0.3 is 15.5 Å². The summed E-state index contributed by atoms with van der Waals surface area (Å²) in [5, 5.41) is 19.3. The van der Waals surface area contributed by atoms with Gasteiger partial charge >= 0.3 is 5.97 Å². The molecule has 0 aromatic carbocycles. The summed E-state index contributed by atoms with van der Waals surface area (Å²) in [4.78, 5) is 20.6. The summed E-state index contributed by atoms with van der Waals surface area (Å²) >= 11 is 0. The van der Waals surface area contributed by atoms with E-state index in [1.807, 2.05) is 5.32 Å². The van der Waals surface area contributed by atoms with Gasteiger partial charge in [-0.15, -0.1) is 0 Å². The first-order valence-electron chi connectivity index (χ1n) is 2.81. The maximum atomic E-state index is 10.4. The predicted molar refractivity (Wildman–Crippen MR) is 30.0 cm³/mol. The monoisotopic (exact) mass is 145 g/mol. The van der Waals surface area contributed by atoms with Crippen molar-refractivity contribution in [3.8, 4) is 0 Å². The van der Waals surface area contributed by atoms with Crippen LogP contribution in [0.25, 0.3) is 0 Å². The summed E-state index contributed by atoms with van der Waals surface area (Å²) in [7, 11) is 0. The zero-order valence-electron chi connectivity index (χ0n) is 5.13. The average molecular weight is 145 g/mol. The second-order valence-corrected chi connectivity index (χ2v) is 2.21. The Morgan fingerprint density at radius 2 is 2.30 bits per heavy atom. The van der Waals surface area contributed by atoms with Crippen molar-refractivity contribution in [2.24, 2.45) is 0 Å². The van der Waals surface area contributed by atoms with E-state index in [9.17, 15) is 9.59 Å². The standard InChI is InChI=1S/C5H7NO4/c7-3-1-2-5(10,6-3)4(8)9/h10H,1-2H2,(H,6,7)(H,8,9)/t5-/m1/s1. The maximum absolute atomic E-state index is 10.4. The molecule has 0 spiro atoms. The van der Waals surface area contributed by atoms with E-state index in [-0.39, 0.29) is 12.8 Å². The van der Waals surface area contributed by atoms with Gasteiger partial charge in [-0.2, -0.15) is 0 Å². The fraction of sp³-hybridized carbons (Fsp3) is 0.600. The second-order valence-electron chi connectivity index (χ2n) is 2.21. The number of nitrogens with one attached hydrogen (secondary N) is 1. The van der Waals surface area contributed by atoms with E-state index in [1.54, 1.807) is 0 Å². The molecule has 1 aliphatic rings. The zero-order chi connectivity index (χ0) is 7.78. The minimum atomic E-state index is -2.02. The molecule has 56 valence electrons. The number of carbonyl (C=O) groups is 2. The number of carboxylic acids is 1. The predicted octanol–water partition coefficient (Wildman–Crippen LogP) is -1.33. The van der Waals surface area contributed by atoms with E-state index >= 15 is 0 Å². The van der Waals surface area contributed by atoms with E-state index in [1.165, 1.54) is 0 Å². The van der Waals surface area contributed by atoms with Crippen LogP contribution in [0, 0.1) is 0 Å². The molecular weight excluding hydrogens is 138 g/mol. The van der Waals surface area contributed by atoms with Crippen molar-refractivity contribution < 1.29 is 19.8 Å². The van der Waals surface area contributed by atoms with E-state index < -0.39 is 17.6 Å². The summed E-state index contributed by atoms with van der Waals surface area (Å²) in [5.74, 6) is -1.83. The van der Waals surface area contributed by atoms with Gasteiger partial charge in [-0.1, -0.05) is 0 Å². The highest BCUT2D eigenvalue weighted by Gasteiger charge is 2.42. The van der Waals surface area contributed by atoms with Gasteiger partial charge in [-0.05, 0) is 0 Å². The third-order valence-corrected chi connectivity index (χ3v) is 1.41. The highest BCUT2D eigenvalue weighted by atomic mass is 16.4. The van der Waals surface area contributed by atoms with Crippen LogP contribution >= 0.6 is 0 Å². The molecule has 0 radical (unpaired) electrons. The average Bonchev–Trinajstić information content (AvgIpc) is 2.13. The SMILES string of the molecule is O=C1CC[C@@](O)(C(=O)O)N1. The number of hydrogen-bond acceptors (Lipinski definition) is 3. The lowest BCUT2D eigenvalue weighted by Gasteiger charge is -2.14. The van der Waals surface area contributed by atoms with Crippen LogP contribution in [0.2, 0.25) is 0 Å². The summed E-state index contributed by atoms with van der Waals surface area (Å²) in [5.41, 5.74) is -2.02. The fourth-order valence-corrected chi connectivity index (χ4v) is 0.810. The minimum Gasteiger partial charge on any atom is -0.478 e. The molecule has 1 aliphatic heterocycles. The van der Waals surface area contributed by atoms with Gasteiger partial charge in [0, 0.05) is 12.8 Å². The third-order valence-electron chi connectivity index (χ3n) is 1.41. The molecule has 3 N–H and O–H groups in total. The molecule has 1 atom stereocenters. The van der Waals surface area contributed by atoms with Crippen molar-refractivity contribution >= 4 is 11.9 Å². The largest absolute Gasteiger partial charge is 0.478 e. The van der Waals surface area contributed by atoms with Gasteiger partial charge in [-0.25, -0.2) is 4.79 Å². The van der Waals surface area contributed by atoms with Crippen LogP contribution in [0.1, 0.15) is 12.8 Å². The Bertz CT molecular complexity index is 190. The first kappa shape index (κ1) is 7.01. The van der Waals surface area contributed by atoms with Crippen molar-refractivity contribution in [3.05, 3.63) is 0 Å². The van der Waals surface area contributed by atoms with Crippen molar-refractivity contribution in [3.63, 3.8) is 0 Å².